The summed E-state index contributed by atoms with van der Waals surface area (Å²) in [5.41, 5.74) is 2.57. The average molecular weight is 281 g/mol. The Labute approximate surface area is 127 Å². The predicted molar refractivity (Wildman–Crippen MR) is 88.1 cm³/mol. The molecule has 0 heterocycles. The monoisotopic (exact) mass is 281 g/mol. The number of ether oxygens (including phenoxy) is 1. The van der Waals surface area contributed by atoms with Gasteiger partial charge in [-0.15, -0.1) is 6.58 Å². The third kappa shape index (κ3) is 4.55. The lowest BCUT2D eigenvalue weighted by atomic mass is 10.0. The number of rotatable bonds is 8. The van der Waals surface area contributed by atoms with E-state index in [1.807, 2.05) is 18.2 Å². The first kappa shape index (κ1) is 15.5. The van der Waals surface area contributed by atoms with Gasteiger partial charge in [0.1, 0.15) is 0 Å². The summed E-state index contributed by atoms with van der Waals surface area (Å²) in [5, 5.41) is 0. The van der Waals surface area contributed by atoms with E-state index in [4.69, 9.17) is 4.74 Å². The standard InChI is InChI=1S/C19H23NO/c1-3-19(18-12-8-5-9-13-18)20(14-15-21-2)16-17-10-6-4-7-11-17/h3-13,19H,1,14-16H2,2H3. The second-order valence-corrected chi connectivity index (χ2v) is 5.04. The molecule has 0 aliphatic rings. The maximum atomic E-state index is 5.26. The summed E-state index contributed by atoms with van der Waals surface area (Å²) in [7, 11) is 1.74. The minimum absolute atomic E-state index is 0.196. The molecule has 2 rings (SSSR count). The van der Waals surface area contributed by atoms with E-state index >= 15 is 0 Å². The van der Waals surface area contributed by atoms with E-state index in [-0.39, 0.29) is 6.04 Å². The molecule has 0 amide bonds. The van der Waals surface area contributed by atoms with E-state index in [9.17, 15) is 0 Å². The van der Waals surface area contributed by atoms with E-state index in [1.54, 1.807) is 7.11 Å². The van der Waals surface area contributed by atoms with Gasteiger partial charge < -0.3 is 4.74 Å². The Morgan fingerprint density at radius 1 is 1.05 bits per heavy atom. The first-order valence-corrected chi connectivity index (χ1v) is 7.29. The molecule has 2 aromatic rings. The molecule has 0 radical (unpaired) electrons. The molecule has 0 aliphatic carbocycles. The largest absolute Gasteiger partial charge is 0.383 e. The van der Waals surface area contributed by atoms with Crippen LogP contribution in [-0.2, 0) is 11.3 Å². The van der Waals surface area contributed by atoms with Crippen molar-refractivity contribution in [1.29, 1.82) is 0 Å². The molecule has 2 nitrogen and oxygen atoms in total. The summed E-state index contributed by atoms with van der Waals surface area (Å²) in [5.74, 6) is 0. The van der Waals surface area contributed by atoms with Gasteiger partial charge in [0.05, 0.1) is 12.6 Å². The van der Waals surface area contributed by atoms with E-state index in [0.29, 0.717) is 6.61 Å². The van der Waals surface area contributed by atoms with Gasteiger partial charge in [0.25, 0.3) is 0 Å². The molecule has 2 heteroatoms. The molecule has 0 aliphatic heterocycles. The van der Waals surface area contributed by atoms with E-state index in [2.05, 4.69) is 60.0 Å². The van der Waals surface area contributed by atoms with Gasteiger partial charge in [0, 0.05) is 20.2 Å². The number of nitrogens with zero attached hydrogens (tertiary/aromatic N) is 1. The van der Waals surface area contributed by atoms with E-state index in [0.717, 1.165) is 13.1 Å². The van der Waals surface area contributed by atoms with Crippen LogP contribution < -0.4 is 0 Å². The van der Waals surface area contributed by atoms with Crippen LogP contribution in [-0.4, -0.2) is 25.2 Å². The molecule has 0 N–H and O–H groups in total. The first-order valence-electron chi connectivity index (χ1n) is 7.29. The Morgan fingerprint density at radius 3 is 2.24 bits per heavy atom. The lowest BCUT2D eigenvalue weighted by molar-refractivity contribution is 0.128. The van der Waals surface area contributed by atoms with Crippen LogP contribution in [0.1, 0.15) is 17.2 Å². The van der Waals surface area contributed by atoms with Gasteiger partial charge >= 0.3 is 0 Å². The molecule has 0 saturated heterocycles. The van der Waals surface area contributed by atoms with Crippen LogP contribution >= 0.6 is 0 Å². The second-order valence-electron chi connectivity index (χ2n) is 5.04. The third-order valence-corrected chi connectivity index (χ3v) is 3.57. The van der Waals surface area contributed by atoms with Gasteiger partial charge in [0.2, 0.25) is 0 Å². The van der Waals surface area contributed by atoms with Crippen molar-refractivity contribution < 1.29 is 4.74 Å². The Morgan fingerprint density at radius 2 is 1.67 bits per heavy atom. The first-order chi connectivity index (χ1) is 10.3. The van der Waals surface area contributed by atoms with E-state index in [1.165, 1.54) is 11.1 Å². The average Bonchev–Trinajstić information content (AvgIpc) is 2.55. The quantitative estimate of drug-likeness (QED) is 0.676. The third-order valence-electron chi connectivity index (χ3n) is 3.57. The molecule has 0 saturated carbocycles. The van der Waals surface area contributed by atoms with Crippen molar-refractivity contribution in [1.82, 2.24) is 4.90 Å². The maximum Gasteiger partial charge on any atom is 0.0590 e. The summed E-state index contributed by atoms with van der Waals surface area (Å²) >= 11 is 0. The predicted octanol–water partition coefficient (Wildman–Crippen LogP) is 4.06. The number of benzene rings is 2. The van der Waals surface area contributed by atoms with E-state index < -0.39 is 0 Å². The highest BCUT2D eigenvalue weighted by Gasteiger charge is 2.17. The minimum atomic E-state index is 0.196. The van der Waals surface area contributed by atoms with Crippen LogP contribution in [0.25, 0.3) is 0 Å². The van der Waals surface area contributed by atoms with Crippen molar-refractivity contribution in [2.24, 2.45) is 0 Å². The molecule has 1 atom stereocenters. The number of hydrogen-bond acceptors (Lipinski definition) is 2. The molecule has 0 spiro atoms. The molecule has 110 valence electrons. The van der Waals surface area contributed by atoms with Crippen LogP contribution in [0.2, 0.25) is 0 Å². The van der Waals surface area contributed by atoms with Crippen LogP contribution in [0.4, 0.5) is 0 Å². The Bertz CT molecular complexity index is 524. The van der Waals surface area contributed by atoms with Crippen molar-refractivity contribution in [2.75, 3.05) is 20.3 Å². The number of methoxy groups -OCH3 is 1. The highest BCUT2D eigenvalue weighted by Crippen LogP contribution is 2.23. The van der Waals surface area contributed by atoms with Gasteiger partial charge in [-0.05, 0) is 11.1 Å². The molecule has 21 heavy (non-hydrogen) atoms. The fourth-order valence-electron chi connectivity index (χ4n) is 2.49. The fourth-order valence-corrected chi connectivity index (χ4v) is 2.49. The zero-order chi connectivity index (χ0) is 14.9. The van der Waals surface area contributed by atoms with Crippen molar-refractivity contribution in [2.45, 2.75) is 12.6 Å². The number of hydrogen-bond donors (Lipinski definition) is 0. The summed E-state index contributed by atoms with van der Waals surface area (Å²) in [6.07, 6.45) is 2.01. The van der Waals surface area contributed by atoms with Crippen LogP contribution in [0.3, 0.4) is 0 Å². The van der Waals surface area contributed by atoms with Gasteiger partial charge in [-0.3, -0.25) is 4.90 Å². The molecular weight excluding hydrogens is 258 g/mol. The van der Waals surface area contributed by atoms with Crippen LogP contribution in [0.5, 0.6) is 0 Å². The zero-order valence-corrected chi connectivity index (χ0v) is 12.6. The summed E-state index contributed by atoms with van der Waals surface area (Å²) < 4.78 is 5.26. The van der Waals surface area contributed by atoms with Crippen molar-refractivity contribution in [3.8, 4) is 0 Å². The van der Waals surface area contributed by atoms with Crippen LogP contribution in [0.15, 0.2) is 73.3 Å². The summed E-state index contributed by atoms with van der Waals surface area (Å²) in [6.45, 7) is 6.49. The molecule has 0 bridgehead atoms. The molecule has 0 fully saturated rings. The Kier molecular flexibility index (Phi) is 6.20. The molecule has 2 aromatic carbocycles. The maximum absolute atomic E-state index is 5.26. The molecule has 1 unspecified atom stereocenters. The Hall–Kier alpha value is -1.90. The van der Waals surface area contributed by atoms with Gasteiger partial charge in [-0.2, -0.15) is 0 Å². The normalized spacial score (nSPS) is 12.3. The lowest BCUT2D eigenvalue weighted by Gasteiger charge is -2.30. The zero-order valence-electron chi connectivity index (χ0n) is 12.6. The lowest BCUT2D eigenvalue weighted by Crippen LogP contribution is -2.30. The van der Waals surface area contributed by atoms with Crippen molar-refractivity contribution >= 4 is 0 Å². The SMILES string of the molecule is C=CC(c1ccccc1)N(CCOC)Cc1ccccc1. The summed E-state index contributed by atoms with van der Waals surface area (Å²) in [6, 6.07) is 21.2. The van der Waals surface area contributed by atoms with Crippen molar-refractivity contribution in [3.05, 3.63) is 84.4 Å². The smallest absolute Gasteiger partial charge is 0.0590 e. The second kappa shape index (κ2) is 8.40. The minimum Gasteiger partial charge on any atom is -0.383 e. The Balaban J connectivity index is 2.19. The van der Waals surface area contributed by atoms with Gasteiger partial charge in [0.15, 0.2) is 0 Å². The van der Waals surface area contributed by atoms with Gasteiger partial charge in [-0.25, -0.2) is 0 Å². The highest BCUT2D eigenvalue weighted by molar-refractivity contribution is 5.23. The topological polar surface area (TPSA) is 12.5 Å². The van der Waals surface area contributed by atoms with Crippen LogP contribution in [0, 0.1) is 0 Å². The summed E-state index contributed by atoms with van der Waals surface area (Å²) in [4.78, 5) is 2.39. The molecular formula is C19H23NO. The highest BCUT2D eigenvalue weighted by atomic mass is 16.5. The molecule has 0 aromatic heterocycles. The van der Waals surface area contributed by atoms with Crippen molar-refractivity contribution in [3.63, 3.8) is 0 Å². The fraction of sp³-hybridized carbons (Fsp3) is 0.263. The van der Waals surface area contributed by atoms with Gasteiger partial charge in [-0.1, -0.05) is 66.7 Å².